The SMILES string of the molecule is COc1ccc(C2C=C(OC(C)=O)C(C)=CC2)cc1. The monoisotopic (exact) mass is 258 g/mol. The first-order valence-corrected chi connectivity index (χ1v) is 6.31. The Hall–Kier alpha value is -2.03. The highest BCUT2D eigenvalue weighted by molar-refractivity contribution is 5.68. The van der Waals surface area contributed by atoms with Crippen LogP contribution in [0.15, 0.2) is 47.7 Å². The molecular formula is C16H18O3. The Morgan fingerprint density at radius 1 is 1.26 bits per heavy atom. The summed E-state index contributed by atoms with van der Waals surface area (Å²) in [6, 6.07) is 7.97. The molecule has 0 aliphatic heterocycles. The molecule has 0 N–H and O–H groups in total. The Morgan fingerprint density at radius 2 is 1.95 bits per heavy atom. The highest BCUT2D eigenvalue weighted by Gasteiger charge is 2.17. The van der Waals surface area contributed by atoms with Crippen LogP contribution >= 0.6 is 0 Å². The number of esters is 1. The Balaban J connectivity index is 2.21. The molecule has 3 nitrogen and oxygen atoms in total. The highest BCUT2D eigenvalue weighted by atomic mass is 16.5. The van der Waals surface area contributed by atoms with E-state index in [2.05, 4.69) is 6.08 Å². The second-order valence-electron chi connectivity index (χ2n) is 4.63. The summed E-state index contributed by atoms with van der Waals surface area (Å²) in [5.74, 6) is 1.47. The molecule has 2 rings (SSSR count). The van der Waals surface area contributed by atoms with Gasteiger partial charge < -0.3 is 9.47 Å². The second kappa shape index (κ2) is 5.74. The van der Waals surface area contributed by atoms with Crippen molar-refractivity contribution in [2.75, 3.05) is 7.11 Å². The molecule has 100 valence electrons. The molecule has 0 saturated heterocycles. The van der Waals surface area contributed by atoms with Gasteiger partial charge in [-0.2, -0.15) is 0 Å². The fourth-order valence-electron chi connectivity index (χ4n) is 2.14. The van der Waals surface area contributed by atoms with Crippen LogP contribution in [0.5, 0.6) is 5.75 Å². The molecule has 0 radical (unpaired) electrons. The molecule has 3 heteroatoms. The van der Waals surface area contributed by atoms with E-state index in [0.29, 0.717) is 5.76 Å². The van der Waals surface area contributed by atoms with E-state index < -0.39 is 0 Å². The van der Waals surface area contributed by atoms with E-state index in [0.717, 1.165) is 17.7 Å². The van der Waals surface area contributed by atoms with E-state index >= 15 is 0 Å². The first kappa shape index (κ1) is 13.4. The number of methoxy groups -OCH3 is 1. The van der Waals surface area contributed by atoms with E-state index in [-0.39, 0.29) is 11.9 Å². The third-order valence-electron chi connectivity index (χ3n) is 3.22. The lowest BCUT2D eigenvalue weighted by atomic mass is 9.89. The minimum atomic E-state index is -0.283. The lowest BCUT2D eigenvalue weighted by Gasteiger charge is -2.20. The van der Waals surface area contributed by atoms with Gasteiger partial charge in [-0.3, -0.25) is 4.79 Å². The zero-order valence-electron chi connectivity index (χ0n) is 11.5. The van der Waals surface area contributed by atoms with E-state index in [9.17, 15) is 4.79 Å². The van der Waals surface area contributed by atoms with Crippen molar-refractivity contribution in [1.82, 2.24) is 0 Å². The number of hydrogen-bond acceptors (Lipinski definition) is 3. The van der Waals surface area contributed by atoms with Gasteiger partial charge in [-0.15, -0.1) is 0 Å². The van der Waals surface area contributed by atoms with Crippen LogP contribution in [0.3, 0.4) is 0 Å². The van der Waals surface area contributed by atoms with Crippen LogP contribution < -0.4 is 4.74 Å². The average molecular weight is 258 g/mol. The number of allylic oxidation sites excluding steroid dienone is 3. The Bertz CT molecular complexity index is 523. The van der Waals surface area contributed by atoms with Gasteiger partial charge in [0, 0.05) is 12.8 Å². The van der Waals surface area contributed by atoms with E-state index in [1.165, 1.54) is 12.5 Å². The van der Waals surface area contributed by atoms with Crippen molar-refractivity contribution in [2.24, 2.45) is 0 Å². The van der Waals surface area contributed by atoms with Crippen molar-refractivity contribution < 1.29 is 14.3 Å². The van der Waals surface area contributed by atoms with Gasteiger partial charge in [0.15, 0.2) is 0 Å². The van der Waals surface area contributed by atoms with Crippen LogP contribution in [-0.2, 0) is 9.53 Å². The molecule has 1 atom stereocenters. The van der Waals surface area contributed by atoms with Gasteiger partial charge in [-0.1, -0.05) is 18.2 Å². The smallest absolute Gasteiger partial charge is 0.308 e. The molecule has 0 heterocycles. The molecule has 0 amide bonds. The summed E-state index contributed by atoms with van der Waals surface area (Å²) in [6.07, 6.45) is 5.04. The van der Waals surface area contributed by atoms with Gasteiger partial charge in [0.2, 0.25) is 0 Å². The summed E-state index contributed by atoms with van der Waals surface area (Å²) < 4.78 is 10.4. The maximum absolute atomic E-state index is 11.1. The number of ether oxygens (including phenoxy) is 2. The van der Waals surface area contributed by atoms with Crippen molar-refractivity contribution >= 4 is 5.97 Å². The van der Waals surface area contributed by atoms with Crippen LogP contribution in [0, 0.1) is 0 Å². The second-order valence-corrected chi connectivity index (χ2v) is 4.63. The number of hydrogen-bond donors (Lipinski definition) is 0. The van der Waals surface area contributed by atoms with Crippen LogP contribution in [0.1, 0.15) is 31.7 Å². The maximum Gasteiger partial charge on any atom is 0.308 e. The van der Waals surface area contributed by atoms with E-state index in [1.807, 2.05) is 37.3 Å². The fourth-order valence-corrected chi connectivity index (χ4v) is 2.14. The first-order chi connectivity index (χ1) is 9.10. The predicted molar refractivity (Wildman–Crippen MR) is 74.0 cm³/mol. The third kappa shape index (κ3) is 3.25. The normalized spacial score (nSPS) is 18.4. The molecule has 1 aromatic carbocycles. The summed E-state index contributed by atoms with van der Waals surface area (Å²) in [4.78, 5) is 11.1. The van der Waals surface area contributed by atoms with Crippen LogP contribution in [0.4, 0.5) is 0 Å². The van der Waals surface area contributed by atoms with Crippen molar-refractivity contribution in [3.8, 4) is 5.75 Å². The molecule has 1 unspecified atom stereocenters. The molecule has 1 aromatic rings. The quantitative estimate of drug-likeness (QED) is 0.777. The van der Waals surface area contributed by atoms with Gasteiger partial charge in [-0.25, -0.2) is 0 Å². The third-order valence-corrected chi connectivity index (χ3v) is 3.22. The zero-order chi connectivity index (χ0) is 13.8. The summed E-state index contributed by atoms with van der Waals surface area (Å²) in [5.41, 5.74) is 2.20. The molecule has 0 bridgehead atoms. The van der Waals surface area contributed by atoms with E-state index in [1.54, 1.807) is 7.11 Å². The first-order valence-electron chi connectivity index (χ1n) is 6.31. The minimum absolute atomic E-state index is 0.240. The molecular weight excluding hydrogens is 240 g/mol. The predicted octanol–water partition coefficient (Wildman–Crippen LogP) is 3.58. The van der Waals surface area contributed by atoms with Gasteiger partial charge in [0.05, 0.1) is 7.11 Å². The molecule has 0 spiro atoms. The number of benzene rings is 1. The van der Waals surface area contributed by atoms with Crippen LogP contribution in [-0.4, -0.2) is 13.1 Å². The summed E-state index contributed by atoms with van der Waals surface area (Å²) in [5, 5.41) is 0. The molecule has 1 aliphatic rings. The average Bonchev–Trinajstić information content (AvgIpc) is 2.41. The van der Waals surface area contributed by atoms with E-state index in [4.69, 9.17) is 9.47 Å². The van der Waals surface area contributed by atoms with Gasteiger partial charge in [0.1, 0.15) is 11.5 Å². The number of carbonyl (C=O) groups is 1. The zero-order valence-corrected chi connectivity index (χ0v) is 11.5. The van der Waals surface area contributed by atoms with Gasteiger partial charge >= 0.3 is 5.97 Å². The largest absolute Gasteiger partial charge is 0.497 e. The number of rotatable bonds is 3. The summed E-state index contributed by atoms with van der Waals surface area (Å²) >= 11 is 0. The van der Waals surface area contributed by atoms with Crippen LogP contribution in [0.2, 0.25) is 0 Å². The summed E-state index contributed by atoms with van der Waals surface area (Å²) in [7, 11) is 1.65. The van der Waals surface area contributed by atoms with Gasteiger partial charge in [0.25, 0.3) is 0 Å². The molecule has 1 aliphatic carbocycles. The Kier molecular flexibility index (Phi) is 4.05. The maximum atomic E-state index is 11.1. The van der Waals surface area contributed by atoms with Crippen LogP contribution in [0.25, 0.3) is 0 Å². The molecule has 0 aromatic heterocycles. The Morgan fingerprint density at radius 3 is 2.53 bits per heavy atom. The minimum Gasteiger partial charge on any atom is -0.497 e. The highest BCUT2D eigenvalue weighted by Crippen LogP contribution is 2.31. The standard InChI is InChI=1S/C16H18O3/c1-11-4-5-14(10-16(11)19-12(2)17)13-6-8-15(18-3)9-7-13/h4,6-10,14H,5H2,1-3H3. The summed E-state index contributed by atoms with van der Waals surface area (Å²) in [6.45, 7) is 3.38. The van der Waals surface area contributed by atoms with Crippen molar-refractivity contribution in [3.05, 3.63) is 53.3 Å². The molecule has 0 saturated carbocycles. The van der Waals surface area contributed by atoms with Crippen molar-refractivity contribution in [1.29, 1.82) is 0 Å². The number of carbonyl (C=O) groups excluding carboxylic acids is 1. The topological polar surface area (TPSA) is 35.5 Å². The lowest BCUT2D eigenvalue weighted by Crippen LogP contribution is -2.07. The Labute approximate surface area is 113 Å². The molecule has 0 fully saturated rings. The lowest BCUT2D eigenvalue weighted by molar-refractivity contribution is -0.136. The fraction of sp³-hybridized carbons (Fsp3) is 0.312. The van der Waals surface area contributed by atoms with Gasteiger partial charge in [-0.05, 0) is 42.7 Å². The molecule has 19 heavy (non-hydrogen) atoms. The van der Waals surface area contributed by atoms with Crippen molar-refractivity contribution in [3.63, 3.8) is 0 Å². The van der Waals surface area contributed by atoms with Crippen molar-refractivity contribution in [2.45, 2.75) is 26.2 Å².